The highest BCUT2D eigenvalue weighted by Crippen LogP contribution is 2.34. The van der Waals surface area contributed by atoms with Gasteiger partial charge in [-0.15, -0.1) is 0 Å². The Hall–Kier alpha value is -3.12. The highest BCUT2D eigenvalue weighted by Gasteiger charge is 2.19. The van der Waals surface area contributed by atoms with E-state index in [4.69, 9.17) is 0 Å². The molecule has 1 amide bonds. The number of fused-ring (bicyclic) bond motifs is 1. The van der Waals surface area contributed by atoms with Crippen molar-refractivity contribution >= 4 is 39.0 Å². The van der Waals surface area contributed by atoms with Gasteiger partial charge in [0, 0.05) is 27.1 Å². The number of benzene rings is 2. The number of rotatable bonds is 4. The van der Waals surface area contributed by atoms with E-state index < -0.39 is 0 Å². The third-order valence-electron chi connectivity index (χ3n) is 4.04. The molecule has 2 aromatic heterocycles. The van der Waals surface area contributed by atoms with E-state index in [9.17, 15) is 4.79 Å². The molecule has 3 N–H and O–H groups in total. The quantitative estimate of drug-likeness (QED) is 0.333. The molecule has 5 nitrogen and oxygen atoms in total. The number of carbonyl (C=O) groups excluding carboxylic acids is 1. The lowest BCUT2D eigenvalue weighted by atomic mass is 10.0. The SMILES string of the molecule is O=C(N/N=C/c1ccc[nH]1)c1[nH]c2ccc(Br)cc2c1-c1ccccc1. The molecule has 0 radical (unpaired) electrons. The van der Waals surface area contributed by atoms with Gasteiger partial charge in [0.25, 0.3) is 5.91 Å². The van der Waals surface area contributed by atoms with Crippen molar-refractivity contribution in [3.8, 4) is 11.1 Å². The zero-order chi connectivity index (χ0) is 17.9. The lowest BCUT2D eigenvalue weighted by Crippen LogP contribution is -2.18. The highest BCUT2D eigenvalue weighted by atomic mass is 79.9. The Morgan fingerprint density at radius 1 is 1.08 bits per heavy atom. The van der Waals surface area contributed by atoms with E-state index >= 15 is 0 Å². The van der Waals surface area contributed by atoms with Gasteiger partial charge in [0.2, 0.25) is 0 Å². The van der Waals surface area contributed by atoms with Crippen LogP contribution in [0.15, 0.2) is 76.4 Å². The van der Waals surface area contributed by atoms with Gasteiger partial charge >= 0.3 is 0 Å². The van der Waals surface area contributed by atoms with Gasteiger partial charge in [-0.1, -0.05) is 46.3 Å². The Bertz CT molecular complexity index is 1080. The van der Waals surface area contributed by atoms with Gasteiger partial charge in [0.05, 0.1) is 11.9 Å². The van der Waals surface area contributed by atoms with E-state index in [0.717, 1.165) is 32.2 Å². The van der Waals surface area contributed by atoms with Gasteiger partial charge < -0.3 is 9.97 Å². The number of aromatic nitrogens is 2. The van der Waals surface area contributed by atoms with E-state index in [-0.39, 0.29) is 5.91 Å². The Morgan fingerprint density at radius 2 is 1.92 bits per heavy atom. The molecule has 26 heavy (non-hydrogen) atoms. The van der Waals surface area contributed by atoms with Gasteiger partial charge in [0.15, 0.2) is 0 Å². The van der Waals surface area contributed by atoms with Crippen molar-refractivity contribution in [2.24, 2.45) is 5.10 Å². The molecule has 2 heterocycles. The summed E-state index contributed by atoms with van der Waals surface area (Å²) in [5.74, 6) is -0.293. The molecule has 0 aliphatic carbocycles. The number of hydrogen-bond donors (Lipinski definition) is 3. The zero-order valence-corrected chi connectivity index (χ0v) is 15.2. The minimum Gasteiger partial charge on any atom is -0.360 e. The molecule has 0 atom stereocenters. The third-order valence-corrected chi connectivity index (χ3v) is 4.54. The van der Waals surface area contributed by atoms with Crippen LogP contribution in [0, 0.1) is 0 Å². The number of carbonyl (C=O) groups is 1. The average Bonchev–Trinajstić information content (AvgIpc) is 3.29. The maximum absolute atomic E-state index is 12.7. The van der Waals surface area contributed by atoms with Crippen LogP contribution >= 0.6 is 15.9 Å². The van der Waals surface area contributed by atoms with Crippen LogP contribution in [0.25, 0.3) is 22.0 Å². The van der Waals surface area contributed by atoms with Crippen LogP contribution in [-0.4, -0.2) is 22.1 Å². The summed E-state index contributed by atoms with van der Waals surface area (Å²) in [7, 11) is 0. The van der Waals surface area contributed by atoms with Crippen molar-refractivity contribution in [3.05, 3.63) is 82.7 Å². The fourth-order valence-electron chi connectivity index (χ4n) is 2.88. The first-order valence-electron chi connectivity index (χ1n) is 8.06. The van der Waals surface area contributed by atoms with Crippen LogP contribution in [-0.2, 0) is 0 Å². The summed E-state index contributed by atoms with van der Waals surface area (Å²) in [6.45, 7) is 0. The summed E-state index contributed by atoms with van der Waals surface area (Å²) in [6, 6.07) is 19.5. The summed E-state index contributed by atoms with van der Waals surface area (Å²) in [5.41, 5.74) is 6.60. The molecule has 2 aromatic carbocycles. The number of halogens is 1. The Labute approximate surface area is 158 Å². The second-order valence-corrected chi connectivity index (χ2v) is 6.67. The van der Waals surface area contributed by atoms with Crippen LogP contribution in [0.2, 0.25) is 0 Å². The molecule has 0 aliphatic heterocycles. The zero-order valence-electron chi connectivity index (χ0n) is 13.7. The standard InChI is InChI=1S/C20H15BrN4O/c21-14-8-9-17-16(11-14)18(13-5-2-1-3-6-13)19(24-17)20(26)25-23-12-15-7-4-10-22-15/h1-12,22,24H,(H,25,26)/b23-12+. The number of nitrogens with zero attached hydrogens (tertiary/aromatic N) is 1. The molecule has 128 valence electrons. The number of aromatic amines is 2. The first-order valence-corrected chi connectivity index (χ1v) is 8.85. The van der Waals surface area contributed by atoms with Gasteiger partial charge in [-0.05, 0) is 35.9 Å². The van der Waals surface area contributed by atoms with Crippen LogP contribution in [0.5, 0.6) is 0 Å². The van der Waals surface area contributed by atoms with Crippen LogP contribution in [0.3, 0.4) is 0 Å². The summed E-state index contributed by atoms with van der Waals surface area (Å²) in [4.78, 5) is 19.0. The van der Waals surface area contributed by atoms with Crippen molar-refractivity contribution in [2.75, 3.05) is 0 Å². The van der Waals surface area contributed by atoms with Crippen molar-refractivity contribution in [3.63, 3.8) is 0 Å². The van der Waals surface area contributed by atoms with Crippen LogP contribution < -0.4 is 5.43 Å². The first-order chi connectivity index (χ1) is 12.7. The molecule has 6 heteroatoms. The van der Waals surface area contributed by atoms with E-state index in [1.54, 1.807) is 12.4 Å². The smallest absolute Gasteiger partial charge is 0.288 e. The van der Waals surface area contributed by atoms with Crippen molar-refractivity contribution < 1.29 is 4.79 Å². The number of amides is 1. The average molecular weight is 407 g/mol. The van der Waals surface area contributed by atoms with Crippen molar-refractivity contribution in [1.29, 1.82) is 0 Å². The van der Waals surface area contributed by atoms with Crippen molar-refractivity contribution in [1.82, 2.24) is 15.4 Å². The molecule has 4 aromatic rings. The molecule has 0 spiro atoms. The number of nitrogens with one attached hydrogen (secondary N) is 3. The normalized spacial score (nSPS) is 11.3. The fourth-order valence-corrected chi connectivity index (χ4v) is 3.24. The topological polar surface area (TPSA) is 73.0 Å². The van der Waals surface area contributed by atoms with E-state index in [0.29, 0.717) is 5.69 Å². The second-order valence-electron chi connectivity index (χ2n) is 5.76. The Kier molecular flexibility index (Phi) is 4.41. The number of H-pyrrole nitrogens is 2. The lowest BCUT2D eigenvalue weighted by Gasteiger charge is -2.04. The molecule has 0 fully saturated rings. The van der Waals surface area contributed by atoms with Gasteiger partial charge in [0.1, 0.15) is 5.69 Å². The summed E-state index contributed by atoms with van der Waals surface area (Å²) in [5, 5.41) is 5.00. The number of hydrogen-bond acceptors (Lipinski definition) is 2. The van der Waals surface area contributed by atoms with Crippen LogP contribution in [0.4, 0.5) is 0 Å². The van der Waals surface area contributed by atoms with E-state index in [1.165, 1.54) is 0 Å². The molecule has 0 saturated carbocycles. The molecule has 0 unspecified atom stereocenters. The molecule has 4 rings (SSSR count). The maximum Gasteiger partial charge on any atom is 0.288 e. The molecule has 0 aliphatic rings. The highest BCUT2D eigenvalue weighted by molar-refractivity contribution is 9.10. The van der Waals surface area contributed by atoms with Gasteiger partial charge in [-0.25, -0.2) is 5.43 Å². The predicted octanol–water partition coefficient (Wildman–Crippen LogP) is 4.69. The largest absolute Gasteiger partial charge is 0.360 e. The molecular formula is C20H15BrN4O. The minimum absolute atomic E-state index is 0.293. The maximum atomic E-state index is 12.7. The summed E-state index contributed by atoms with van der Waals surface area (Å²) in [6.07, 6.45) is 3.37. The predicted molar refractivity (Wildman–Crippen MR) is 107 cm³/mol. The monoisotopic (exact) mass is 406 g/mol. The second kappa shape index (κ2) is 7.01. The third kappa shape index (κ3) is 3.19. The minimum atomic E-state index is -0.293. The van der Waals surface area contributed by atoms with Gasteiger partial charge in [-0.3, -0.25) is 4.79 Å². The Balaban J connectivity index is 1.75. The van der Waals surface area contributed by atoms with E-state index in [2.05, 4.69) is 36.4 Å². The molecule has 0 bridgehead atoms. The van der Waals surface area contributed by atoms with Crippen molar-refractivity contribution in [2.45, 2.75) is 0 Å². The molecular weight excluding hydrogens is 392 g/mol. The summed E-state index contributed by atoms with van der Waals surface area (Å²) >= 11 is 3.51. The van der Waals surface area contributed by atoms with Gasteiger partial charge in [-0.2, -0.15) is 5.10 Å². The van der Waals surface area contributed by atoms with Crippen LogP contribution in [0.1, 0.15) is 16.2 Å². The first kappa shape index (κ1) is 16.4. The number of hydrazone groups is 1. The Morgan fingerprint density at radius 3 is 2.69 bits per heavy atom. The molecule has 0 saturated heterocycles. The fraction of sp³-hybridized carbons (Fsp3) is 0. The van der Waals surface area contributed by atoms with E-state index in [1.807, 2.05) is 60.7 Å². The summed E-state index contributed by atoms with van der Waals surface area (Å²) < 4.78 is 0.956. The lowest BCUT2D eigenvalue weighted by molar-refractivity contribution is 0.0951.